The van der Waals surface area contributed by atoms with Crippen LogP contribution in [0.5, 0.6) is 0 Å². The Balaban J connectivity index is 2.92. The Morgan fingerprint density at radius 3 is 3.00 bits per heavy atom. The van der Waals surface area contributed by atoms with Crippen LogP contribution in [0.2, 0.25) is 5.28 Å². The van der Waals surface area contributed by atoms with Gasteiger partial charge in [0.1, 0.15) is 10.1 Å². The number of nitrogen functional groups attached to an aromatic ring is 1. The van der Waals surface area contributed by atoms with Gasteiger partial charge in [-0.05, 0) is 39.7 Å². The van der Waals surface area contributed by atoms with E-state index in [-0.39, 0.29) is 5.28 Å². The van der Waals surface area contributed by atoms with Crippen molar-refractivity contribution in [2.45, 2.75) is 0 Å². The number of hydrogen-bond donors (Lipinski definition) is 1. The molecule has 2 N–H and O–H groups in total. The number of nitrogens with two attached hydrogens (primary N) is 1. The summed E-state index contributed by atoms with van der Waals surface area (Å²) in [6.45, 7) is 0. The maximum Gasteiger partial charge on any atom is 0.243 e. The molecule has 62 valence electrons. The maximum atomic E-state index is 5.61. The molecule has 0 amide bonds. The second-order valence-electron chi connectivity index (χ2n) is 2.22. The first kappa shape index (κ1) is 7.82. The van der Waals surface area contributed by atoms with Crippen molar-refractivity contribution in [3.8, 4) is 0 Å². The lowest BCUT2D eigenvalue weighted by Crippen LogP contribution is -2.00. The van der Waals surface area contributed by atoms with Gasteiger partial charge in [-0.15, -0.1) is 5.10 Å². The molecule has 6 heteroatoms. The highest BCUT2D eigenvalue weighted by atomic mass is 79.9. The first-order chi connectivity index (χ1) is 5.68. The predicted octanol–water partition coefficient (Wildman–Crippen LogP) is 1.73. The molecule has 0 bridgehead atoms. The molecule has 0 radical (unpaired) electrons. The van der Waals surface area contributed by atoms with Gasteiger partial charge in [-0.25, -0.2) is 4.52 Å². The van der Waals surface area contributed by atoms with Gasteiger partial charge in [0.15, 0.2) is 5.82 Å². The van der Waals surface area contributed by atoms with Crippen LogP contribution in [0.25, 0.3) is 5.52 Å². The molecule has 12 heavy (non-hydrogen) atoms. The first-order valence-corrected chi connectivity index (χ1v) is 4.32. The van der Waals surface area contributed by atoms with Crippen LogP contribution in [0.15, 0.2) is 16.7 Å². The van der Waals surface area contributed by atoms with Crippen molar-refractivity contribution in [2.24, 2.45) is 0 Å². The second kappa shape index (κ2) is 2.60. The summed E-state index contributed by atoms with van der Waals surface area (Å²) >= 11 is 8.90. The Kier molecular flexibility index (Phi) is 1.69. The molecule has 0 unspecified atom stereocenters. The topological polar surface area (TPSA) is 56.2 Å². The van der Waals surface area contributed by atoms with Crippen molar-refractivity contribution >= 4 is 38.9 Å². The zero-order chi connectivity index (χ0) is 8.72. The molecule has 0 spiro atoms. The molecule has 0 aliphatic rings. The quantitative estimate of drug-likeness (QED) is 0.771. The Bertz CT molecular complexity index is 438. The molecule has 0 aliphatic carbocycles. The summed E-state index contributed by atoms with van der Waals surface area (Å²) in [5.41, 5.74) is 6.34. The van der Waals surface area contributed by atoms with E-state index in [1.165, 1.54) is 0 Å². The molecule has 0 saturated carbocycles. The molecule has 2 aromatic rings. The molecule has 0 atom stereocenters. The van der Waals surface area contributed by atoms with Gasteiger partial charge in [0, 0.05) is 0 Å². The Morgan fingerprint density at radius 2 is 2.25 bits per heavy atom. The van der Waals surface area contributed by atoms with Crippen LogP contribution in [0.4, 0.5) is 5.82 Å². The maximum absolute atomic E-state index is 5.61. The van der Waals surface area contributed by atoms with Crippen LogP contribution in [0, 0.1) is 0 Å². The van der Waals surface area contributed by atoms with Crippen LogP contribution in [0.3, 0.4) is 0 Å². The zero-order valence-electron chi connectivity index (χ0n) is 5.83. The summed E-state index contributed by atoms with van der Waals surface area (Å²) in [4.78, 5) is 3.81. The number of rotatable bonds is 0. The standard InChI is InChI=1S/C6H4BrClN4/c7-4-2-1-3-5(9)10-6(8)11-12(3)4/h1-2H,(H2,9,10,11). The zero-order valence-corrected chi connectivity index (χ0v) is 8.17. The summed E-state index contributed by atoms with van der Waals surface area (Å²) in [5, 5.41) is 4.08. The van der Waals surface area contributed by atoms with E-state index in [1.807, 2.05) is 12.1 Å². The number of hydrogen-bond acceptors (Lipinski definition) is 3. The van der Waals surface area contributed by atoms with Crippen molar-refractivity contribution in [2.75, 3.05) is 5.73 Å². The fraction of sp³-hybridized carbons (Fsp3) is 0. The van der Waals surface area contributed by atoms with Gasteiger partial charge in [0.25, 0.3) is 0 Å². The number of halogens is 2. The molecule has 0 aliphatic heterocycles. The summed E-state index contributed by atoms with van der Waals surface area (Å²) in [6, 6.07) is 3.65. The van der Waals surface area contributed by atoms with Gasteiger partial charge in [-0.1, -0.05) is 0 Å². The Hall–Kier alpha value is -0.810. The molecule has 4 nitrogen and oxygen atoms in total. The monoisotopic (exact) mass is 246 g/mol. The Labute approximate surface area is 81.5 Å². The lowest BCUT2D eigenvalue weighted by Gasteiger charge is -1.98. The molecule has 0 saturated heterocycles. The largest absolute Gasteiger partial charge is 0.382 e. The summed E-state index contributed by atoms with van der Waals surface area (Å²) in [6.07, 6.45) is 0. The van der Waals surface area contributed by atoms with Crippen molar-refractivity contribution in [3.63, 3.8) is 0 Å². The minimum atomic E-state index is 0.136. The first-order valence-electron chi connectivity index (χ1n) is 3.15. The van der Waals surface area contributed by atoms with Crippen molar-refractivity contribution in [1.82, 2.24) is 14.6 Å². The van der Waals surface area contributed by atoms with Crippen molar-refractivity contribution in [1.29, 1.82) is 0 Å². The highest BCUT2D eigenvalue weighted by molar-refractivity contribution is 9.10. The van der Waals surface area contributed by atoms with Crippen LogP contribution in [-0.2, 0) is 0 Å². The minimum Gasteiger partial charge on any atom is -0.382 e. The van der Waals surface area contributed by atoms with Crippen molar-refractivity contribution in [3.05, 3.63) is 22.0 Å². The Morgan fingerprint density at radius 1 is 1.50 bits per heavy atom. The smallest absolute Gasteiger partial charge is 0.243 e. The van der Waals surface area contributed by atoms with Gasteiger partial charge in [0.05, 0.1) is 0 Å². The van der Waals surface area contributed by atoms with Crippen LogP contribution in [0.1, 0.15) is 0 Å². The SMILES string of the molecule is Nc1nc(Cl)nn2c(Br)ccc12. The van der Waals surface area contributed by atoms with Crippen molar-refractivity contribution < 1.29 is 0 Å². The fourth-order valence-corrected chi connectivity index (χ4v) is 1.53. The number of aromatic nitrogens is 3. The van der Waals surface area contributed by atoms with E-state index < -0.39 is 0 Å². The average molecular weight is 247 g/mol. The highest BCUT2D eigenvalue weighted by Crippen LogP contribution is 2.19. The van der Waals surface area contributed by atoms with E-state index in [0.29, 0.717) is 5.82 Å². The van der Waals surface area contributed by atoms with E-state index in [2.05, 4.69) is 26.0 Å². The molecule has 2 heterocycles. The third kappa shape index (κ3) is 1.05. The van der Waals surface area contributed by atoms with E-state index in [1.54, 1.807) is 4.52 Å². The molecule has 0 aromatic carbocycles. The molecule has 0 fully saturated rings. The van der Waals surface area contributed by atoms with Crippen LogP contribution < -0.4 is 5.73 Å². The van der Waals surface area contributed by atoms with E-state index in [0.717, 1.165) is 10.1 Å². The van der Waals surface area contributed by atoms with Gasteiger partial charge in [0.2, 0.25) is 5.28 Å². The predicted molar refractivity (Wildman–Crippen MR) is 50.1 cm³/mol. The van der Waals surface area contributed by atoms with E-state index >= 15 is 0 Å². The number of anilines is 1. The molecular weight excluding hydrogens is 243 g/mol. The normalized spacial score (nSPS) is 10.8. The second-order valence-corrected chi connectivity index (χ2v) is 3.37. The number of nitrogens with zero attached hydrogens (tertiary/aromatic N) is 3. The molecule has 2 aromatic heterocycles. The van der Waals surface area contributed by atoms with Crippen LogP contribution in [-0.4, -0.2) is 14.6 Å². The third-order valence-corrected chi connectivity index (χ3v) is 2.23. The number of fused-ring (bicyclic) bond motifs is 1. The summed E-state index contributed by atoms with van der Waals surface area (Å²) in [7, 11) is 0. The van der Waals surface area contributed by atoms with Gasteiger partial charge in [-0.3, -0.25) is 0 Å². The van der Waals surface area contributed by atoms with E-state index in [4.69, 9.17) is 17.3 Å². The van der Waals surface area contributed by atoms with E-state index in [9.17, 15) is 0 Å². The molecular formula is C6H4BrClN4. The van der Waals surface area contributed by atoms with Gasteiger partial charge < -0.3 is 5.73 Å². The van der Waals surface area contributed by atoms with Gasteiger partial charge >= 0.3 is 0 Å². The minimum absolute atomic E-state index is 0.136. The lowest BCUT2D eigenvalue weighted by atomic mass is 10.5. The average Bonchev–Trinajstić information content (AvgIpc) is 2.33. The van der Waals surface area contributed by atoms with Crippen LogP contribution >= 0.6 is 27.5 Å². The highest BCUT2D eigenvalue weighted by Gasteiger charge is 2.05. The lowest BCUT2D eigenvalue weighted by molar-refractivity contribution is 0.890. The fourth-order valence-electron chi connectivity index (χ4n) is 0.961. The molecule has 2 rings (SSSR count). The third-order valence-electron chi connectivity index (χ3n) is 1.47. The summed E-state index contributed by atoms with van der Waals surface area (Å²) in [5.74, 6) is 0.376. The van der Waals surface area contributed by atoms with Gasteiger partial charge in [-0.2, -0.15) is 4.98 Å². The summed E-state index contributed by atoms with van der Waals surface area (Å²) < 4.78 is 2.39.